The monoisotopic (exact) mass is 147 g/mol. The van der Waals surface area contributed by atoms with E-state index in [0.29, 0.717) is 0 Å². The van der Waals surface area contributed by atoms with Crippen LogP contribution in [0.4, 0.5) is 0 Å². The lowest BCUT2D eigenvalue weighted by Crippen LogP contribution is -1.96. The maximum Gasteiger partial charge on any atom is 0.0412 e. The molecule has 8 heavy (non-hydrogen) atoms. The molecule has 0 aliphatic heterocycles. The van der Waals surface area contributed by atoms with Gasteiger partial charge in [-0.2, -0.15) is 0 Å². The van der Waals surface area contributed by atoms with Gasteiger partial charge in [-0.15, -0.1) is 0 Å². The molecule has 0 saturated heterocycles. The van der Waals surface area contributed by atoms with Crippen LogP contribution in [-0.4, -0.2) is 19.8 Å². The summed E-state index contributed by atoms with van der Waals surface area (Å²) >= 11 is 0. The Morgan fingerprint density at radius 3 is 1.88 bits per heavy atom. The first-order chi connectivity index (χ1) is 3.27. The molecule has 0 spiro atoms. The van der Waals surface area contributed by atoms with Crippen molar-refractivity contribution in [3.05, 3.63) is 0 Å². The minimum atomic E-state index is 0. The van der Waals surface area contributed by atoms with Crippen LogP contribution in [0.5, 0.6) is 0 Å². The molecular formula is C6H19Si2. The second-order valence-electron chi connectivity index (χ2n) is 2.31. The Kier molecular flexibility index (Phi) is 10.5. The lowest BCUT2D eigenvalue weighted by Gasteiger charge is -1.96. The summed E-state index contributed by atoms with van der Waals surface area (Å²) in [7, 11) is 0.103. The number of hydrogen-bond donors (Lipinski definition) is 0. The Labute approximate surface area is 59.3 Å². The highest BCUT2D eigenvalue weighted by molar-refractivity contribution is 6.55. The molecule has 0 aromatic carbocycles. The minimum Gasteiger partial charge on any atom is -0.0713 e. The number of rotatable bonds is 3. The fraction of sp³-hybridized carbons (Fsp3) is 1.00. The molecule has 0 fully saturated rings. The van der Waals surface area contributed by atoms with E-state index >= 15 is 0 Å². The van der Waals surface area contributed by atoms with Crippen LogP contribution in [0.3, 0.4) is 0 Å². The summed E-state index contributed by atoms with van der Waals surface area (Å²) in [5.74, 6) is 0. The zero-order chi connectivity index (χ0) is 5.70. The summed E-state index contributed by atoms with van der Waals surface area (Å²) in [6.45, 7) is 7.01. The number of unbranched alkanes of at least 4 members (excludes halogenated alkanes) is 1. The van der Waals surface area contributed by atoms with E-state index in [1.807, 2.05) is 0 Å². The normalized spacial score (nSPS) is 9.00. The van der Waals surface area contributed by atoms with Crippen molar-refractivity contribution in [2.24, 2.45) is 0 Å². The summed E-state index contributed by atoms with van der Waals surface area (Å²) in [5, 5.41) is 0. The summed E-state index contributed by atoms with van der Waals surface area (Å²) in [5.41, 5.74) is 0. The lowest BCUT2D eigenvalue weighted by molar-refractivity contribution is 0.875. The second kappa shape index (κ2) is 7.43. The molecular weight excluding hydrogens is 128 g/mol. The van der Waals surface area contributed by atoms with Gasteiger partial charge >= 0.3 is 0 Å². The van der Waals surface area contributed by atoms with Gasteiger partial charge < -0.3 is 0 Å². The Morgan fingerprint density at radius 2 is 1.75 bits per heavy atom. The standard InChI is InChI=1S/C6H15Si.H4Si/c1-4-5-6-7(2)3;/h4-6H2,1-3H3;1H4. The Morgan fingerprint density at radius 1 is 1.25 bits per heavy atom. The first-order valence-electron chi connectivity index (χ1n) is 3.06. The molecule has 0 N–H and O–H groups in total. The molecule has 0 aliphatic carbocycles. The second-order valence-corrected chi connectivity index (χ2v) is 5.22. The zero-order valence-corrected chi connectivity index (χ0v) is 6.62. The summed E-state index contributed by atoms with van der Waals surface area (Å²) in [6.07, 6.45) is 2.82. The van der Waals surface area contributed by atoms with Gasteiger partial charge in [0.2, 0.25) is 0 Å². The molecule has 51 valence electrons. The van der Waals surface area contributed by atoms with E-state index in [0.717, 1.165) is 0 Å². The van der Waals surface area contributed by atoms with Gasteiger partial charge in [0.05, 0.1) is 0 Å². The van der Waals surface area contributed by atoms with Crippen molar-refractivity contribution < 1.29 is 0 Å². The van der Waals surface area contributed by atoms with Crippen LogP contribution in [0.25, 0.3) is 0 Å². The van der Waals surface area contributed by atoms with Crippen LogP contribution in [0.2, 0.25) is 19.1 Å². The van der Waals surface area contributed by atoms with E-state index in [9.17, 15) is 0 Å². The van der Waals surface area contributed by atoms with E-state index < -0.39 is 0 Å². The molecule has 0 aromatic heterocycles. The van der Waals surface area contributed by atoms with Crippen molar-refractivity contribution in [3.63, 3.8) is 0 Å². The van der Waals surface area contributed by atoms with E-state index in [-0.39, 0.29) is 19.8 Å². The van der Waals surface area contributed by atoms with Gasteiger partial charge in [0.15, 0.2) is 0 Å². The third-order valence-electron chi connectivity index (χ3n) is 1.03. The van der Waals surface area contributed by atoms with Crippen LogP contribution in [0.1, 0.15) is 19.8 Å². The molecule has 0 saturated carbocycles. The van der Waals surface area contributed by atoms with Crippen molar-refractivity contribution in [2.45, 2.75) is 38.9 Å². The van der Waals surface area contributed by atoms with Crippen LogP contribution < -0.4 is 0 Å². The summed E-state index contributed by atoms with van der Waals surface area (Å²) < 4.78 is 0. The molecule has 1 radical (unpaired) electrons. The molecule has 0 unspecified atom stereocenters. The highest BCUT2D eigenvalue weighted by atomic mass is 28.3. The molecule has 0 heterocycles. The van der Waals surface area contributed by atoms with E-state index in [4.69, 9.17) is 0 Å². The number of hydrogen-bond acceptors (Lipinski definition) is 0. The molecule has 0 amide bonds. The van der Waals surface area contributed by atoms with Crippen LogP contribution in [0.15, 0.2) is 0 Å². The van der Waals surface area contributed by atoms with E-state index in [2.05, 4.69) is 20.0 Å². The van der Waals surface area contributed by atoms with Gasteiger partial charge in [0.1, 0.15) is 0 Å². The van der Waals surface area contributed by atoms with Crippen molar-refractivity contribution in [2.75, 3.05) is 0 Å². The molecule has 0 nitrogen and oxygen atoms in total. The molecule has 0 aromatic rings. The largest absolute Gasteiger partial charge is 0.0713 e. The van der Waals surface area contributed by atoms with Gasteiger partial charge in [-0.3, -0.25) is 0 Å². The first-order valence-corrected chi connectivity index (χ1v) is 5.77. The average molecular weight is 147 g/mol. The van der Waals surface area contributed by atoms with Crippen molar-refractivity contribution in [1.82, 2.24) is 0 Å². The van der Waals surface area contributed by atoms with Gasteiger partial charge in [-0.25, -0.2) is 0 Å². The summed E-state index contributed by atoms with van der Waals surface area (Å²) in [4.78, 5) is 0. The Hall–Kier alpha value is 0.434. The van der Waals surface area contributed by atoms with Gasteiger partial charge in [-0.05, 0) is 11.0 Å². The van der Waals surface area contributed by atoms with Crippen LogP contribution in [-0.2, 0) is 0 Å². The van der Waals surface area contributed by atoms with E-state index in [1.54, 1.807) is 0 Å². The lowest BCUT2D eigenvalue weighted by atomic mass is 10.4. The SMILES string of the molecule is CCCC[Si](C)C.[SiH4]. The van der Waals surface area contributed by atoms with E-state index in [1.165, 1.54) is 18.9 Å². The van der Waals surface area contributed by atoms with Crippen molar-refractivity contribution in [1.29, 1.82) is 0 Å². The molecule has 0 bridgehead atoms. The first kappa shape index (κ1) is 11.3. The van der Waals surface area contributed by atoms with Gasteiger partial charge in [0.25, 0.3) is 0 Å². The fourth-order valence-corrected chi connectivity index (χ4v) is 1.59. The Balaban J connectivity index is 0. The maximum atomic E-state index is 2.38. The molecule has 2 heteroatoms. The highest BCUT2D eigenvalue weighted by Gasteiger charge is 1.91. The molecule has 0 aliphatic rings. The maximum absolute atomic E-state index is 2.38. The fourth-order valence-electron chi connectivity index (χ4n) is 0.530. The summed E-state index contributed by atoms with van der Waals surface area (Å²) in [6, 6.07) is 1.50. The predicted octanol–water partition coefficient (Wildman–Crippen LogP) is 1.09. The minimum absolute atomic E-state index is 0. The van der Waals surface area contributed by atoms with Gasteiger partial charge in [0, 0.05) is 8.80 Å². The average Bonchev–Trinajstić information content (AvgIpc) is 1.61. The quantitative estimate of drug-likeness (QED) is 0.524. The topological polar surface area (TPSA) is 0 Å². The van der Waals surface area contributed by atoms with Crippen LogP contribution in [0, 0.1) is 0 Å². The Bertz CT molecular complexity index is 35.5. The zero-order valence-electron chi connectivity index (χ0n) is 5.62. The third-order valence-corrected chi connectivity index (χ3v) is 2.38. The van der Waals surface area contributed by atoms with Gasteiger partial charge in [-0.1, -0.05) is 38.9 Å². The smallest absolute Gasteiger partial charge is 0.0412 e. The highest BCUT2D eigenvalue weighted by Crippen LogP contribution is 1.98. The molecule has 0 rings (SSSR count). The van der Waals surface area contributed by atoms with Crippen molar-refractivity contribution >= 4 is 19.8 Å². The predicted molar refractivity (Wildman–Crippen MR) is 48.5 cm³/mol. The molecule has 0 atom stereocenters. The van der Waals surface area contributed by atoms with Crippen molar-refractivity contribution in [3.8, 4) is 0 Å². The van der Waals surface area contributed by atoms with Crippen LogP contribution >= 0.6 is 0 Å². The third kappa shape index (κ3) is 9.66.